The zero-order valence-electron chi connectivity index (χ0n) is 13.3. The fourth-order valence-electron chi connectivity index (χ4n) is 2.77. The zero-order chi connectivity index (χ0) is 17.2. The number of sulfonamides is 1. The topological polar surface area (TPSA) is 79.4 Å². The maximum absolute atomic E-state index is 12.7. The van der Waals surface area contributed by atoms with Gasteiger partial charge in [-0.1, -0.05) is 6.07 Å². The van der Waals surface area contributed by atoms with Gasteiger partial charge in [-0.05, 0) is 31.2 Å². The van der Waals surface area contributed by atoms with Crippen molar-refractivity contribution in [1.82, 2.24) is 14.6 Å². The highest BCUT2D eigenvalue weighted by atomic mass is 32.2. The Morgan fingerprint density at radius 1 is 1.46 bits per heavy atom. The Kier molecular flexibility index (Phi) is 5.33. The second-order valence-electron chi connectivity index (χ2n) is 5.60. The quantitative estimate of drug-likeness (QED) is 0.825. The molecule has 1 amide bonds. The minimum absolute atomic E-state index is 0.223. The van der Waals surface area contributed by atoms with Gasteiger partial charge in [0.05, 0.1) is 10.7 Å². The predicted octanol–water partition coefficient (Wildman–Crippen LogP) is 2.03. The average Bonchev–Trinajstić information content (AvgIpc) is 3.29. The standard InChI is InChI=1S/C15H19N3O3S3/c1-11-17-12(10-23-11)6-7-16-15(19)13-4-2-8-18(13)24(20,21)14-5-3-9-22-14/h3,5,9-10,13H,2,4,6-8H2,1H3,(H,16,19)/t13-/m1/s1. The number of thiophene rings is 1. The number of nitrogens with one attached hydrogen (secondary N) is 1. The van der Waals surface area contributed by atoms with Crippen LogP contribution in [-0.2, 0) is 21.2 Å². The molecular weight excluding hydrogens is 366 g/mol. The Morgan fingerprint density at radius 3 is 2.96 bits per heavy atom. The van der Waals surface area contributed by atoms with Gasteiger partial charge in [-0.25, -0.2) is 13.4 Å². The maximum Gasteiger partial charge on any atom is 0.253 e. The first-order valence-corrected chi connectivity index (χ1v) is 10.9. The third-order valence-corrected chi connectivity index (χ3v) is 8.01. The fourth-order valence-corrected chi connectivity index (χ4v) is 6.19. The van der Waals surface area contributed by atoms with Gasteiger partial charge in [0, 0.05) is 24.9 Å². The molecule has 1 atom stereocenters. The first-order chi connectivity index (χ1) is 11.5. The number of amides is 1. The van der Waals surface area contributed by atoms with Gasteiger partial charge >= 0.3 is 0 Å². The first kappa shape index (κ1) is 17.5. The van der Waals surface area contributed by atoms with Crippen LogP contribution in [0.5, 0.6) is 0 Å². The number of aromatic nitrogens is 1. The molecule has 1 aliphatic heterocycles. The Morgan fingerprint density at radius 2 is 2.29 bits per heavy atom. The van der Waals surface area contributed by atoms with Crippen LogP contribution in [-0.4, -0.2) is 42.7 Å². The van der Waals surface area contributed by atoms with E-state index in [0.717, 1.165) is 10.7 Å². The lowest BCUT2D eigenvalue weighted by Crippen LogP contribution is -2.46. The molecule has 2 aromatic rings. The summed E-state index contributed by atoms with van der Waals surface area (Å²) in [5, 5.41) is 7.56. The molecule has 3 heterocycles. The van der Waals surface area contributed by atoms with Gasteiger partial charge in [-0.3, -0.25) is 4.79 Å². The molecule has 6 nitrogen and oxygen atoms in total. The number of nitrogens with zero attached hydrogens (tertiary/aromatic N) is 2. The van der Waals surface area contributed by atoms with Gasteiger partial charge in [0.2, 0.25) is 5.91 Å². The lowest BCUT2D eigenvalue weighted by atomic mass is 10.2. The summed E-state index contributed by atoms with van der Waals surface area (Å²) in [5.74, 6) is -0.223. The van der Waals surface area contributed by atoms with Crippen molar-refractivity contribution in [2.45, 2.75) is 36.4 Å². The van der Waals surface area contributed by atoms with Crippen LogP contribution in [0.3, 0.4) is 0 Å². The number of rotatable bonds is 6. The molecule has 0 bridgehead atoms. The Labute approximate surface area is 149 Å². The van der Waals surface area contributed by atoms with Crippen LogP contribution in [0.1, 0.15) is 23.5 Å². The molecule has 24 heavy (non-hydrogen) atoms. The van der Waals surface area contributed by atoms with Gasteiger partial charge in [0.15, 0.2) is 0 Å². The number of thiazole rings is 1. The van der Waals surface area contributed by atoms with Gasteiger partial charge in [-0.2, -0.15) is 4.31 Å². The van der Waals surface area contributed by atoms with Crippen LogP contribution in [0.2, 0.25) is 0 Å². The molecule has 1 fully saturated rings. The highest BCUT2D eigenvalue weighted by molar-refractivity contribution is 7.91. The van der Waals surface area contributed by atoms with E-state index in [0.29, 0.717) is 36.6 Å². The van der Waals surface area contributed by atoms with E-state index in [2.05, 4.69) is 10.3 Å². The highest BCUT2D eigenvalue weighted by Gasteiger charge is 2.39. The summed E-state index contributed by atoms with van der Waals surface area (Å²) in [6.07, 6.45) is 1.92. The number of carbonyl (C=O) groups is 1. The third kappa shape index (κ3) is 3.69. The molecule has 0 radical (unpaired) electrons. The predicted molar refractivity (Wildman–Crippen MR) is 94.8 cm³/mol. The molecule has 0 aliphatic carbocycles. The number of carbonyl (C=O) groups excluding carboxylic acids is 1. The molecule has 1 saturated heterocycles. The maximum atomic E-state index is 12.7. The SMILES string of the molecule is Cc1nc(CCNC(=O)[C@H]2CCCN2S(=O)(=O)c2cccs2)cs1. The normalized spacial score (nSPS) is 18.8. The summed E-state index contributed by atoms with van der Waals surface area (Å²) in [4.78, 5) is 16.8. The second kappa shape index (κ2) is 7.30. The largest absolute Gasteiger partial charge is 0.354 e. The van der Waals surface area contributed by atoms with Crippen LogP contribution in [0.4, 0.5) is 0 Å². The van der Waals surface area contributed by atoms with Crippen molar-refractivity contribution >= 4 is 38.6 Å². The summed E-state index contributed by atoms with van der Waals surface area (Å²) in [5.41, 5.74) is 0.951. The summed E-state index contributed by atoms with van der Waals surface area (Å²) in [7, 11) is -3.58. The molecular formula is C15H19N3O3S3. The smallest absolute Gasteiger partial charge is 0.253 e. The lowest BCUT2D eigenvalue weighted by Gasteiger charge is -2.22. The third-order valence-electron chi connectivity index (χ3n) is 3.91. The molecule has 3 rings (SSSR count). The van der Waals surface area contributed by atoms with Crippen LogP contribution in [0, 0.1) is 6.92 Å². The summed E-state index contributed by atoms with van der Waals surface area (Å²) < 4.78 is 26.9. The molecule has 0 unspecified atom stereocenters. The monoisotopic (exact) mass is 385 g/mol. The number of aryl methyl sites for hydroxylation is 1. The summed E-state index contributed by atoms with van der Waals surface area (Å²) in [6, 6.07) is 2.67. The Hall–Kier alpha value is -1.29. The van der Waals surface area contributed by atoms with Gasteiger partial charge in [0.1, 0.15) is 10.3 Å². The highest BCUT2D eigenvalue weighted by Crippen LogP contribution is 2.28. The van der Waals surface area contributed by atoms with E-state index in [4.69, 9.17) is 0 Å². The van der Waals surface area contributed by atoms with E-state index in [-0.39, 0.29) is 5.91 Å². The first-order valence-electron chi connectivity index (χ1n) is 7.72. The van der Waals surface area contributed by atoms with Crippen molar-refractivity contribution in [3.05, 3.63) is 33.6 Å². The van der Waals surface area contributed by atoms with E-state index in [1.807, 2.05) is 12.3 Å². The van der Waals surface area contributed by atoms with Crippen LogP contribution < -0.4 is 5.32 Å². The van der Waals surface area contributed by atoms with E-state index in [1.54, 1.807) is 28.8 Å². The number of hydrogen-bond acceptors (Lipinski definition) is 6. The van der Waals surface area contributed by atoms with Gasteiger partial charge < -0.3 is 5.32 Å². The van der Waals surface area contributed by atoms with Crippen molar-refractivity contribution in [2.24, 2.45) is 0 Å². The zero-order valence-corrected chi connectivity index (χ0v) is 15.7. The van der Waals surface area contributed by atoms with E-state index < -0.39 is 16.1 Å². The fraction of sp³-hybridized carbons (Fsp3) is 0.467. The van der Waals surface area contributed by atoms with Crippen LogP contribution in [0.15, 0.2) is 27.1 Å². The van der Waals surface area contributed by atoms with Crippen molar-refractivity contribution in [3.8, 4) is 0 Å². The molecule has 0 aromatic carbocycles. The average molecular weight is 386 g/mol. The van der Waals surface area contributed by atoms with Gasteiger partial charge in [0.25, 0.3) is 10.0 Å². The molecule has 1 N–H and O–H groups in total. The molecule has 9 heteroatoms. The van der Waals surface area contributed by atoms with Crippen molar-refractivity contribution < 1.29 is 13.2 Å². The lowest BCUT2D eigenvalue weighted by molar-refractivity contribution is -0.124. The Balaban J connectivity index is 1.61. The van der Waals surface area contributed by atoms with Crippen LogP contribution in [0.25, 0.3) is 0 Å². The molecule has 0 spiro atoms. The molecule has 1 aliphatic rings. The second-order valence-corrected chi connectivity index (χ2v) is 9.73. The summed E-state index contributed by atoms with van der Waals surface area (Å²) >= 11 is 2.76. The van der Waals surface area contributed by atoms with E-state index in [1.165, 1.54) is 15.6 Å². The van der Waals surface area contributed by atoms with Crippen LogP contribution >= 0.6 is 22.7 Å². The van der Waals surface area contributed by atoms with E-state index in [9.17, 15) is 13.2 Å². The molecule has 0 saturated carbocycles. The Bertz CT molecular complexity index is 799. The minimum atomic E-state index is -3.58. The molecule has 130 valence electrons. The molecule has 2 aromatic heterocycles. The summed E-state index contributed by atoms with van der Waals surface area (Å²) in [6.45, 7) is 2.80. The van der Waals surface area contributed by atoms with Crippen molar-refractivity contribution in [1.29, 1.82) is 0 Å². The number of hydrogen-bond donors (Lipinski definition) is 1. The van der Waals surface area contributed by atoms with E-state index >= 15 is 0 Å². The van der Waals surface area contributed by atoms with Crippen molar-refractivity contribution in [2.75, 3.05) is 13.1 Å². The van der Waals surface area contributed by atoms with Gasteiger partial charge in [-0.15, -0.1) is 22.7 Å². The van der Waals surface area contributed by atoms with Crippen molar-refractivity contribution in [3.63, 3.8) is 0 Å². The minimum Gasteiger partial charge on any atom is -0.354 e.